The number of likely N-dealkylation sites (tertiary alicyclic amines) is 1. The summed E-state index contributed by atoms with van der Waals surface area (Å²) < 4.78 is 0. The van der Waals surface area contributed by atoms with Crippen LogP contribution in [-0.2, 0) is 6.54 Å². The number of rotatable bonds is 6. The molecule has 5 heteroatoms. The van der Waals surface area contributed by atoms with E-state index in [-0.39, 0.29) is 0 Å². The SMILES string of the molecule is CN1CCC(CN(C)c2ncc(CNC3CC3)cn2)CC1. The summed E-state index contributed by atoms with van der Waals surface area (Å²) in [4.78, 5) is 13.7. The van der Waals surface area contributed by atoms with E-state index in [1.54, 1.807) is 0 Å². The largest absolute Gasteiger partial charge is 0.344 e. The maximum atomic E-state index is 4.52. The van der Waals surface area contributed by atoms with Crippen LogP contribution in [0, 0.1) is 5.92 Å². The van der Waals surface area contributed by atoms with Crippen LogP contribution >= 0.6 is 0 Å². The summed E-state index contributed by atoms with van der Waals surface area (Å²) in [6.45, 7) is 4.38. The van der Waals surface area contributed by atoms with Crippen molar-refractivity contribution in [2.45, 2.75) is 38.3 Å². The second-order valence-corrected chi connectivity index (χ2v) is 6.67. The van der Waals surface area contributed by atoms with Crippen molar-refractivity contribution in [1.29, 1.82) is 0 Å². The predicted octanol–water partition coefficient (Wildman–Crippen LogP) is 1.51. The molecule has 5 nitrogen and oxygen atoms in total. The van der Waals surface area contributed by atoms with E-state index in [4.69, 9.17) is 0 Å². The highest BCUT2D eigenvalue weighted by atomic mass is 15.2. The first kappa shape index (κ1) is 14.7. The van der Waals surface area contributed by atoms with Crippen molar-refractivity contribution in [1.82, 2.24) is 20.2 Å². The van der Waals surface area contributed by atoms with Crippen LogP contribution < -0.4 is 10.2 Å². The first-order valence-electron chi connectivity index (χ1n) is 8.14. The Kier molecular flexibility index (Phi) is 4.70. The van der Waals surface area contributed by atoms with Crippen molar-refractivity contribution < 1.29 is 0 Å². The van der Waals surface area contributed by atoms with E-state index in [0.29, 0.717) is 0 Å². The van der Waals surface area contributed by atoms with E-state index in [2.05, 4.69) is 39.2 Å². The maximum Gasteiger partial charge on any atom is 0.225 e. The van der Waals surface area contributed by atoms with Crippen molar-refractivity contribution in [2.24, 2.45) is 5.92 Å². The molecule has 1 saturated heterocycles. The molecule has 2 aliphatic rings. The van der Waals surface area contributed by atoms with Crippen molar-refractivity contribution in [3.8, 4) is 0 Å². The van der Waals surface area contributed by atoms with Gasteiger partial charge in [0.1, 0.15) is 0 Å². The fraction of sp³-hybridized carbons (Fsp3) is 0.750. The van der Waals surface area contributed by atoms with Gasteiger partial charge in [-0.1, -0.05) is 0 Å². The van der Waals surface area contributed by atoms with Gasteiger partial charge in [0.2, 0.25) is 5.95 Å². The van der Waals surface area contributed by atoms with Gasteiger partial charge >= 0.3 is 0 Å². The van der Waals surface area contributed by atoms with E-state index < -0.39 is 0 Å². The molecule has 116 valence electrons. The highest BCUT2D eigenvalue weighted by Crippen LogP contribution is 2.20. The Morgan fingerprint density at radius 2 is 1.86 bits per heavy atom. The molecular weight excluding hydrogens is 262 g/mol. The number of aromatic nitrogens is 2. The van der Waals surface area contributed by atoms with Crippen LogP contribution in [0.25, 0.3) is 0 Å². The molecule has 1 N–H and O–H groups in total. The van der Waals surface area contributed by atoms with Gasteiger partial charge in [-0.25, -0.2) is 9.97 Å². The molecule has 0 aromatic carbocycles. The molecule has 0 spiro atoms. The van der Waals surface area contributed by atoms with Gasteiger partial charge in [-0.15, -0.1) is 0 Å². The summed E-state index contributed by atoms with van der Waals surface area (Å²) in [6, 6.07) is 0.733. The van der Waals surface area contributed by atoms with E-state index in [9.17, 15) is 0 Å². The Labute approximate surface area is 127 Å². The van der Waals surface area contributed by atoms with E-state index in [1.807, 2.05) is 12.4 Å². The van der Waals surface area contributed by atoms with Crippen LogP contribution in [0.2, 0.25) is 0 Å². The van der Waals surface area contributed by atoms with Crippen LogP contribution in [0.3, 0.4) is 0 Å². The van der Waals surface area contributed by atoms with Crippen LogP contribution in [0.1, 0.15) is 31.2 Å². The Hall–Kier alpha value is -1.20. The smallest absolute Gasteiger partial charge is 0.225 e. The monoisotopic (exact) mass is 289 g/mol. The van der Waals surface area contributed by atoms with Gasteiger partial charge in [-0.3, -0.25) is 0 Å². The molecule has 1 aliphatic carbocycles. The van der Waals surface area contributed by atoms with Crippen LogP contribution in [0.4, 0.5) is 5.95 Å². The average molecular weight is 289 g/mol. The predicted molar refractivity (Wildman–Crippen MR) is 85.4 cm³/mol. The molecule has 1 aliphatic heterocycles. The van der Waals surface area contributed by atoms with Gasteiger partial charge in [0.15, 0.2) is 0 Å². The summed E-state index contributed by atoms with van der Waals surface area (Å²) in [7, 11) is 4.31. The summed E-state index contributed by atoms with van der Waals surface area (Å²) in [5, 5.41) is 3.49. The number of hydrogen-bond donors (Lipinski definition) is 1. The van der Waals surface area contributed by atoms with Gasteiger partial charge in [-0.05, 0) is 51.7 Å². The normalized spacial score (nSPS) is 20.7. The number of hydrogen-bond acceptors (Lipinski definition) is 5. The Morgan fingerprint density at radius 3 is 2.48 bits per heavy atom. The number of anilines is 1. The van der Waals surface area contributed by atoms with Gasteiger partial charge in [0, 0.05) is 44.1 Å². The fourth-order valence-corrected chi connectivity index (χ4v) is 2.90. The quantitative estimate of drug-likeness (QED) is 0.860. The molecule has 21 heavy (non-hydrogen) atoms. The molecule has 0 radical (unpaired) electrons. The molecule has 0 amide bonds. The van der Waals surface area contributed by atoms with Gasteiger partial charge in [0.25, 0.3) is 0 Å². The molecular formula is C16H27N5. The van der Waals surface area contributed by atoms with Gasteiger partial charge in [-0.2, -0.15) is 0 Å². The first-order valence-corrected chi connectivity index (χ1v) is 8.14. The molecule has 2 fully saturated rings. The van der Waals surface area contributed by atoms with Crippen LogP contribution in [0.15, 0.2) is 12.4 Å². The van der Waals surface area contributed by atoms with Crippen molar-refractivity contribution in [3.63, 3.8) is 0 Å². The lowest BCUT2D eigenvalue weighted by Gasteiger charge is -2.31. The Balaban J connectivity index is 1.48. The van der Waals surface area contributed by atoms with Crippen molar-refractivity contribution in [3.05, 3.63) is 18.0 Å². The molecule has 2 heterocycles. The lowest BCUT2D eigenvalue weighted by Crippen LogP contribution is -2.36. The van der Waals surface area contributed by atoms with Gasteiger partial charge in [0.05, 0.1) is 0 Å². The Bertz CT molecular complexity index is 434. The van der Waals surface area contributed by atoms with Gasteiger partial charge < -0.3 is 15.1 Å². The van der Waals surface area contributed by atoms with E-state index in [1.165, 1.54) is 44.3 Å². The zero-order valence-corrected chi connectivity index (χ0v) is 13.3. The second kappa shape index (κ2) is 6.71. The highest BCUT2D eigenvalue weighted by Gasteiger charge is 2.21. The maximum absolute atomic E-state index is 4.52. The fourth-order valence-electron chi connectivity index (χ4n) is 2.90. The average Bonchev–Trinajstić information content (AvgIpc) is 3.32. The van der Waals surface area contributed by atoms with Crippen molar-refractivity contribution in [2.75, 3.05) is 38.6 Å². The lowest BCUT2D eigenvalue weighted by molar-refractivity contribution is 0.222. The molecule has 1 aromatic rings. The van der Waals surface area contributed by atoms with E-state index in [0.717, 1.165) is 31.0 Å². The third-order valence-corrected chi connectivity index (χ3v) is 4.58. The molecule has 1 aromatic heterocycles. The summed E-state index contributed by atoms with van der Waals surface area (Å²) >= 11 is 0. The van der Waals surface area contributed by atoms with Crippen LogP contribution in [0.5, 0.6) is 0 Å². The molecule has 0 unspecified atom stereocenters. The van der Waals surface area contributed by atoms with E-state index >= 15 is 0 Å². The summed E-state index contributed by atoms with van der Waals surface area (Å²) in [5.41, 5.74) is 1.18. The third-order valence-electron chi connectivity index (χ3n) is 4.58. The number of nitrogens with one attached hydrogen (secondary N) is 1. The Morgan fingerprint density at radius 1 is 1.19 bits per heavy atom. The third kappa shape index (κ3) is 4.38. The number of piperidine rings is 1. The molecule has 1 saturated carbocycles. The minimum absolute atomic E-state index is 0.733. The van der Waals surface area contributed by atoms with Crippen LogP contribution in [-0.4, -0.2) is 54.6 Å². The lowest BCUT2D eigenvalue weighted by atomic mass is 9.97. The summed E-state index contributed by atoms with van der Waals surface area (Å²) in [6.07, 6.45) is 9.12. The first-order chi connectivity index (χ1) is 10.2. The second-order valence-electron chi connectivity index (χ2n) is 6.67. The number of nitrogens with zero attached hydrogens (tertiary/aromatic N) is 4. The highest BCUT2D eigenvalue weighted by molar-refractivity contribution is 5.28. The standard InChI is InChI=1S/C16H27N5/c1-20-7-5-13(6-8-20)12-21(2)16-18-10-14(11-19-16)9-17-15-3-4-15/h10-11,13,15,17H,3-9,12H2,1-2H3. The molecule has 3 rings (SSSR count). The zero-order valence-electron chi connectivity index (χ0n) is 13.3. The minimum atomic E-state index is 0.733. The topological polar surface area (TPSA) is 44.3 Å². The molecule has 0 bridgehead atoms. The summed E-state index contributed by atoms with van der Waals surface area (Å²) in [5.74, 6) is 1.62. The zero-order chi connectivity index (χ0) is 14.7. The van der Waals surface area contributed by atoms with Crippen molar-refractivity contribution >= 4 is 5.95 Å². The molecule has 0 atom stereocenters. The minimum Gasteiger partial charge on any atom is -0.344 e.